The summed E-state index contributed by atoms with van der Waals surface area (Å²) in [5.74, 6) is 1.30. The van der Waals surface area contributed by atoms with Gasteiger partial charge in [0.2, 0.25) is 5.91 Å². The number of hydrogen-bond donors (Lipinski definition) is 1. The zero-order valence-electron chi connectivity index (χ0n) is 11.0. The Morgan fingerprint density at radius 2 is 2.28 bits per heavy atom. The number of anilines is 2. The predicted molar refractivity (Wildman–Crippen MR) is 71.6 cm³/mol. The van der Waals surface area contributed by atoms with Gasteiger partial charge in [0.05, 0.1) is 0 Å². The maximum absolute atomic E-state index is 10.9. The first-order chi connectivity index (χ1) is 8.70. The van der Waals surface area contributed by atoms with Crippen LogP contribution in [0, 0.1) is 0 Å². The molecule has 1 amide bonds. The van der Waals surface area contributed by atoms with Crippen molar-refractivity contribution in [2.45, 2.75) is 45.6 Å². The molecule has 1 aliphatic rings. The van der Waals surface area contributed by atoms with Crippen molar-refractivity contribution < 1.29 is 4.79 Å². The number of hydrogen-bond acceptors (Lipinski definition) is 4. The minimum Gasteiger partial charge on any atom is -0.352 e. The Hall–Kier alpha value is -1.65. The second-order valence-electron chi connectivity index (χ2n) is 4.71. The van der Waals surface area contributed by atoms with Crippen LogP contribution in [-0.2, 0) is 4.79 Å². The molecule has 1 saturated heterocycles. The summed E-state index contributed by atoms with van der Waals surface area (Å²) in [6.45, 7) is 4.72. The fourth-order valence-electron chi connectivity index (χ4n) is 2.45. The van der Waals surface area contributed by atoms with E-state index in [9.17, 15) is 4.79 Å². The zero-order chi connectivity index (χ0) is 13.0. The Balaban J connectivity index is 2.10. The van der Waals surface area contributed by atoms with Gasteiger partial charge >= 0.3 is 0 Å². The summed E-state index contributed by atoms with van der Waals surface area (Å²) in [5.41, 5.74) is 0. The van der Waals surface area contributed by atoms with Crippen molar-refractivity contribution in [1.82, 2.24) is 10.2 Å². The van der Waals surface area contributed by atoms with Crippen molar-refractivity contribution in [2.24, 2.45) is 0 Å². The molecule has 1 aromatic rings. The second-order valence-corrected chi connectivity index (χ2v) is 4.71. The zero-order valence-corrected chi connectivity index (χ0v) is 11.0. The first-order valence-corrected chi connectivity index (χ1v) is 6.58. The SMILES string of the molecule is CCC1CCCCN1c1ccc(NC(C)=O)nn1. The Morgan fingerprint density at radius 1 is 1.44 bits per heavy atom. The lowest BCUT2D eigenvalue weighted by molar-refractivity contribution is -0.114. The third-order valence-corrected chi connectivity index (χ3v) is 3.35. The second kappa shape index (κ2) is 5.80. The molecule has 2 rings (SSSR count). The normalized spacial score (nSPS) is 19.7. The molecular weight excluding hydrogens is 228 g/mol. The third-order valence-electron chi connectivity index (χ3n) is 3.35. The van der Waals surface area contributed by atoms with Crippen molar-refractivity contribution in [1.29, 1.82) is 0 Å². The molecule has 0 saturated carbocycles. The number of nitrogens with zero attached hydrogens (tertiary/aromatic N) is 3. The van der Waals surface area contributed by atoms with Gasteiger partial charge < -0.3 is 10.2 Å². The van der Waals surface area contributed by atoms with Crippen LogP contribution in [-0.4, -0.2) is 28.7 Å². The average molecular weight is 248 g/mol. The Kier molecular flexibility index (Phi) is 4.12. The molecule has 0 radical (unpaired) electrons. The molecule has 1 N–H and O–H groups in total. The molecular formula is C13H20N4O. The van der Waals surface area contributed by atoms with Crippen LogP contribution in [0.4, 0.5) is 11.6 Å². The maximum Gasteiger partial charge on any atom is 0.222 e. The maximum atomic E-state index is 10.9. The van der Waals surface area contributed by atoms with E-state index in [1.54, 1.807) is 0 Å². The molecule has 1 aliphatic heterocycles. The van der Waals surface area contributed by atoms with Gasteiger partial charge in [0.15, 0.2) is 11.6 Å². The monoisotopic (exact) mass is 248 g/mol. The van der Waals surface area contributed by atoms with E-state index in [1.807, 2.05) is 12.1 Å². The summed E-state index contributed by atoms with van der Waals surface area (Å²) < 4.78 is 0. The molecule has 1 fully saturated rings. The van der Waals surface area contributed by atoms with Crippen LogP contribution in [0.25, 0.3) is 0 Å². The Bertz CT molecular complexity index is 404. The standard InChI is InChI=1S/C13H20N4O/c1-3-11-6-4-5-9-17(11)13-8-7-12(15-16-13)14-10(2)18/h7-8,11H,3-6,9H2,1-2H3,(H,14,15,18). The quantitative estimate of drug-likeness (QED) is 0.891. The molecule has 1 aromatic heterocycles. The first-order valence-electron chi connectivity index (χ1n) is 6.58. The highest BCUT2D eigenvalue weighted by molar-refractivity contribution is 5.87. The Labute approximate surface area is 108 Å². The number of carbonyl (C=O) groups excluding carboxylic acids is 1. The van der Waals surface area contributed by atoms with E-state index in [0.717, 1.165) is 18.8 Å². The minimum atomic E-state index is -0.124. The molecule has 1 atom stereocenters. The summed E-state index contributed by atoms with van der Waals surface area (Å²) in [7, 11) is 0. The third kappa shape index (κ3) is 2.97. The van der Waals surface area contributed by atoms with E-state index in [2.05, 4.69) is 27.3 Å². The fraction of sp³-hybridized carbons (Fsp3) is 0.615. The van der Waals surface area contributed by atoms with E-state index >= 15 is 0 Å². The van der Waals surface area contributed by atoms with Gasteiger partial charge in [0, 0.05) is 19.5 Å². The van der Waals surface area contributed by atoms with Crippen LogP contribution in [0.15, 0.2) is 12.1 Å². The van der Waals surface area contributed by atoms with Gasteiger partial charge in [-0.2, -0.15) is 0 Å². The van der Waals surface area contributed by atoms with E-state index in [0.29, 0.717) is 11.9 Å². The molecule has 18 heavy (non-hydrogen) atoms. The molecule has 1 unspecified atom stereocenters. The smallest absolute Gasteiger partial charge is 0.222 e. The van der Waals surface area contributed by atoms with Crippen LogP contribution in [0.3, 0.4) is 0 Å². The number of nitrogens with one attached hydrogen (secondary N) is 1. The van der Waals surface area contributed by atoms with Gasteiger partial charge in [-0.1, -0.05) is 6.92 Å². The summed E-state index contributed by atoms with van der Waals surface area (Å²) >= 11 is 0. The van der Waals surface area contributed by atoms with Crippen LogP contribution >= 0.6 is 0 Å². The molecule has 5 heteroatoms. The summed E-state index contributed by atoms with van der Waals surface area (Å²) in [6, 6.07) is 4.32. The van der Waals surface area contributed by atoms with Gasteiger partial charge in [-0.25, -0.2) is 0 Å². The van der Waals surface area contributed by atoms with Crippen molar-refractivity contribution >= 4 is 17.5 Å². The minimum absolute atomic E-state index is 0.124. The number of amides is 1. The summed E-state index contributed by atoms with van der Waals surface area (Å²) in [5, 5.41) is 10.9. The molecule has 98 valence electrons. The highest BCUT2D eigenvalue weighted by Gasteiger charge is 2.22. The van der Waals surface area contributed by atoms with E-state index in [1.165, 1.54) is 26.2 Å². The van der Waals surface area contributed by atoms with E-state index in [-0.39, 0.29) is 5.91 Å². The van der Waals surface area contributed by atoms with Crippen LogP contribution < -0.4 is 10.2 Å². The van der Waals surface area contributed by atoms with Crippen LogP contribution in [0.2, 0.25) is 0 Å². The first kappa shape index (κ1) is 12.8. The summed E-state index contributed by atoms with van der Waals surface area (Å²) in [6.07, 6.45) is 4.87. The van der Waals surface area contributed by atoms with Crippen molar-refractivity contribution in [3.05, 3.63) is 12.1 Å². The van der Waals surface area contributed by atoms with Crippen LogP contribution in [0.1, 0.15) is 39.5 Å². The summed E-state index contributed by atoms with van der Waals surface area (Å²) in [4.78, 5) is 13.2. The topological polar surface area (TPSA) is 58.1 Å². The highest BCUT2D eigenvalue weighted by Crippen LogP contribution is 2.24. The average Bonchev–Trinajstić information content (AvgIpc) is 2.39. The molecule has 0 spiro atoms. The van der Waals surface area contributed by atoms with Gasteiger partial charge in [-0.15, -0.1) is 10.2 Å². The molecule has 0 bridgehead atoms. The lowest BCUT2D eigenvalue weighted by Crippen LogP contribution is -2.39. The molecule has 2 heterocycles. The molecule has 5 nitrogen and oxygen atoms in total. The largest absolute Gasteiger partial charge is 0.352 e. The molecule has 0 aliphatic carbocycles. The van der Waals surface area contributed by atoms with E-state index < -0.39 is 0 Å². The number of piperidine rings is 1. The van der Waals surface area contributed by atoms with Crippen molar-refractivity contribution in [2.75, 3.05) is 16.8 Å². The van der Waals surface area contributed by atoms with Gasteiger partial charge in [0.1, 0.15) is 0 Å². The lowest BCUT2D eigenvalue weighted by atomic mass is 10.0. The number of rotatable bonds is 3. The van der Waals surface area contributed by atoms with Gasteiger partial charge in [0.25, 0.3) is 0 Å². The van der Waals surface area contributed by atoms with E-state index in [4.69, 9.17) is 0 Å². The fourth-order valence-corrected chi connectivity index (χ4v) is 2.45. The predicted octanol–water partition coefficient (Wildman–Crippen LogP) is 2.20. The van der Waals surface area contributed by atoms with Crippen molar-refractivity contribution in [3.8, 4) is 0 Å². The highest BCUT2D eigenvalue weighted by atomic mass is 16.1. The molecule has 0 aromatic carbocycles. The number of aromatic nitrogens is 2. The lowest BCUT2D eigenvalue weighted by Gasteiger charge is -2.35. The van der Waals surface area contributed by atoms with Gasteiger partial charge in [-0.3, -0.25) is 4.79 Å². The Morgan fingerprint density at radius 3 is 2.89 bits per heavy atom. The van der Waals surface area contributed by atoms with Crippen molar-refractivity contribution in [3.63, 3.8) is 0 Å². The number of carbonyl (C=O) groups is 1. The van der Waals surface area contributed by atoms with Gasteiger partial charge in [-0.05, 0) is 37.8 Å². The van der Waals surface area contributed by atoms with Crippen LogP contribution in [0.5, 0.6) is 0 Å².